The smallest absolute Gasteiger partial charge is 0.407 e. The summed E-state index contributed by atoms with van der Waals surface area (Å²) >= 11 is 0. The number of hydrogen-bond donors (Lipinski definition) is 1. The van der Waals surface area contributed by atoms with E-state index in [4.69, 9.17) is 28.1 Å². The molecule has 0 atom stereocenters. The normalized spacial score (nSPS) is 13.2. The molecular weight excluding hydrogens is 538 g/mol. The number of nitrogens with one attached hydrogen (secondary N) is 1. The Hall–Kier alpha value is -2.27. The molecule has 228 valence electrons. The molecule has 0 heterocycles. The average molecular weight is 588 g/mol. The van der Waals surface area contributed by atoms with Gasteiger partial charge in [-0.15, -0.1) is 0 Å². The predicted octanol–water partition coefficient (Wildman–Crippen LogP) is 6.00. The number of rotatable bonds is 19. The van der Waals surface area contributed by atoms with Crippen LogP contribution in [0.1, 0.15) is 44.2 Å². The second kappa shape index (κ2) is 17.0. The van der Waals surface area contributed by atoms with Gasteiger partial charge in [0.25, 0.3) is 0 Å². The maximum atomic E-state index is 12.2. The summed E-state index contributed by atoms with van der Waals surface area (Å²) in [6.45, 7) is 16.9. The Morgan fingerprint density at radius 3 is 1.71 bits per heavy atom. The fraction of sp³-hybridized carbons (Fsp3) is 0.594. The van der Waals surface area contributed by atoms with Crippen LogP contribution in [0.4, 0.5) is 4.79 Å². The molecule has 2 aromatic rings. The Labute approximate surface area is 247 Å². The van der Waals surface area contributed by atoms with Gasteiger partial charge in [0.05, 0.1) is 52.9 Å². The number of carbonyl (C=O) groups is 1. The zero-order valence-electron chi connectivity index (χ0n) is 25.5. The van der Waals surface area contributed by atoms with E-state index in [1.54, 1.807) is 0 Å². The van der Waals surface area contributed by atoms with Gasteiger partial charge in [0.2, 0.25) is 0 Å². The van der Waals surface area contributed by atoms with E-state index in [2.05, 4.69) is 63.4 Å². The Balaban J connectivity index is 1.10. The highest BCUT2D eigenvalue weighted by Crippen LogP contribution is 2.44. The average Bonchev–Trinajstić information content (AvgIpc) is 3.26. The molecule has 0 fully saturated rings. The highest BCUT2D eigenvalue weighted by atomic mass is 28.4. The van der Waals surface area contributed by atoms with Crippen LogP contribution in [0.2, 0.25) is 18.1 Å². The van der Waals surface area contributed by atoms with Crippen LogP contribution in [0, 0.1) is 0 Å². The standard InChI is InChI=1S/C32H49NO7Si/c1-32(2,3)41(4,5)40-24-23-38-22-21-37-20-19-36-18-17-35-16-10-15-33-31(34)39-25-30-28-13-8-6-11-26(28)27-12-7-9-14-29(27)30/h6-9,11-14,30H,10,15-25H2,1-5H3,(H,33,34). The van der Waals surface area contributed by atoms with Crippen molar-refractivity contribution < 1.29 is 32.9 Å². The van der Waals surface area contributed by atoms with Crippen LogP contribution in [0.5, 0.6) is 0 Å². The van der Waals surface area contributed by atoms with E-state index in [0.29, 0.717) is 79.0 Å². The van der Waals surface area contributed by atoms with E-state index in [1.807, 2.05) is 24.3 Å². The second-order valence-corrected chi connectivity index (χ2v) is 16.5. The first-order valence-electron chi connectivity index (χ1n) is 14.7. The van der Waals surface area contributed by atoms with Crippen LogP contribution in [0.3, 0.4) is 0 Å². The summed E-state index contributed by atoms with van der Waals surface area (Å²) in [7, 11) is -1.70. The molecule has 3 rings (SSSR count). The Kier molecular flexibility index (Phi) is 13.8. The third-order valence-corrected chi connectivity index (χ3v) is 12.2. The molecule has 8 nitrogen and oxygen atoms in total. The molecule has 0 unspecified atom stereocenters. The highest BCUT2D eigenvalue weighted by molar-refractivity contribution is 6.74. The number of ether oxygens (including phenoxy) is 5. The van der Waals surface area contributed by atoms with Crippen LogP contribution in [0.15, 0.2) is 48.5 Å². The zero-order chi connectivity index (χ0) is 29.6. The molecule has 41 heavy (non-hydrogen) atoms. The summed E-state index contributed by atoms with van der Waals surface area (Å²) in [5.74, 6) is 0.0627. The summed E-state index contributed by atoms with van der Waals surface area (Å²) in [6.07, 6.45) is 0.300. The molecule has 0 radical (unpaired) electrons. The maximum Gasteiger partial charge on any atom is 0.407 e. The quantitative estimate of drug-likeness (QED) is 0.159. The van der Waals surface area contributed by atoms with Gasteiger partial charge in [-0.2, -0.15) is 0 Å². The lowest BCUT2D eigenvalue weighted by molar-refractivity contribution is -0.00515. The van der Waals surface area contributed by atoms with Gasteiger partial charge in [-0.25, -0.2) is 4.79 Å². The van der Waals surface area contributed by atoms with Gasteiger partial charge in [-0.3, -0.25) is 0 Å². The van der Waals surface area contributed by atoms with Gasteiger partial charge in [0.1, 0.15) is 6.61 Å². The van der Waals surface area contributed by atoms with Crippen molar-refractivity contribution in [3.05, 3.63) is 59.7 Å². The monoisotopic (exact) mass is 587 g/mol. The lowest BCUT2D eigenvalue weighted by atomic mass is 9.98. The van der Waals surface area contributed by atoms with Crippen molar-refractivity contribution in [3.63, 3.8) is 0 Å². The van der Waals surface area contributed by atoms with Gasteiger partial charge in [-0.05, 0) is 46.8 Å². The summed E-state index contributed by atoms with van der Waals surface area (Å²) in [6, 6.07) is 16.6. The number of amides is 1. The van der Waals surface area contributed by atoms with Gasteiger partial charge >= 0.3 is 6.09 Å². The number of fused-ring (bicyclic) bond motifs is 3. The SMILES string of the molecule is CC(C)(C)[Si](C)(C)OCCOCCOCCOCCOCCCNC(=O)OCC1c2ccccc2-c2ccccc21. The molecular formula is C32H49NO7Si. The zero-order valence-corrected chi connectivity index (χ0v) is 26.5. The molecule has 1 amide bonds. The van der Waals surface area contributed by atoms with Crippen LogP contribution in [0.25, 0.3) is 11.1 Å². The van der Waals surface area contributed by atoms with Crippen LogP contribution in [-0.2, 0) is 28.1 Å². The minimum Gasteiger partial charge on any atom is -0.449 e. The van der Waals surface area contributed by atoms with Crippen molar-refractivity contribution in [1.82, 2.24) is 5.32 Å². The van der Waals surface area contributed by atoms with Crippen molar-refractivity contribution >= 4 is 14.4 Å². The molecule has 2 aromatic carbocycles. The first-order chi connectivity index (χ1) is 19.7. The van der Waals surface area contributed by atoms with Crippen molar-refractivity contribution in [1.29, 1.82) is 0 Å². The minimum atomic E-state index is -1.70. The largest absolute Gasteiger partial charge is 0.449 e. The highest BCUT2D eigenvalue weighted by Gasteiger charge is 2.36. The molecule has 1 aliphatic rings. The Morgan fingerprint density at radius 1 is 0.732 bits per heavy atom. The molecule has 0 bridgehead atoms. The van der Waals surface area contributed by atoms with Crippen molar-refractivity contribution in [2.45, 2.75) is 51.2 Å². The number of hydrogen-bond acceptors (Lipinski definition) is 7. The lowest BCUT2D eigenvalue weighted by Gasteiger charge is -2.36. The van der Waals surface area contributed by atoms with Gasteiger partial charge in [0, 0.05) is 19.1 Å². The number of carbonyl (C=O) groups excluding carboxylic acids is 1. The summed E-state index contributed by atoms with van der Waals surface area (Å²) in [4.78, 5) is 12.2. The van der Waals surface area contributed by atoms with E-state index >= 15 is 0 Å². The van der Waals surface area contributed by atoms with E-state index in [9.17, 15) is 4.79 Å². The van der Waals surface area contributed by atoms with Crippen LogP contribution < -0.4 is 5.32 Å². The molecule has 0 saturated heterocycles. The van der Waals surface area contributed by atoms with E-state index in [1.165, 1.54) is 22.3 Å². The van der Waals surface area contributed by atoms with E-state index in [-0.39, 0.29) is 11.0 Å². The van der Waals surface area contributed by atoms with Crippen molar-refractivity contribution in [3.8, 4) is 11.1 Å². The topological polar surface area (TPSA) is 84.5 Å². The van der Waals surface area contributed by atoms with E-state index < -0.39 is 14.4 Å². The molecule has 1 N–H and O–H groups in total. The number of benzene rings is 2. The summed E-state index contributed by atoms with van der Waals surface area (Å²) in [5, 5.41) is 3.02. The maximum absolute atomic E-state index is 12.2. The van der Waals surface area contributed by atoms with Crippen molar-refractivity contribution in [2.75, 3.05) is 72.6 Å². The van der Waals surface area contributed by atoms with Gasteiger partial charge < -0.3 is 33.4 Å². The first-order valence-corrected chi connectivity index (χ1v) is 17.7. The lowest BCUT2D eigenvalue weighted by Crippen LogP contribution is -2.41. The molecule has 0 spiro atoms. The molecule has 0 saturated carbocycles. The third-order valence-electron chi connectivity index (χ3n) is 7.69. The van der Waals surface area contributed by atoms with Gasteiger partial charge in [0.15, 0.2) is 8.32 Å². The molecule has 9 heteroatoms. The van der Waals surface area contributed by atoms with E-state index in [0.717, 1.165) is 0 Å². The predicted molar refractivity (Wildman–Crippen MR) is 164 cm³/mol. The fourth-order valence-corrected chi connectivity index (χ4v) is 5.37. The summed E-state index contributed by atoms with van der Waals surface area (Å²) in [5.41, 5.74) is 4.84. The van der Waals surface area contributed by atoms with Crippen LogP contribution in [-0.4, -0.2) is 87.0 Å². The van der Waals surface area contributed by atoms with Crippen molar-refractivity contribution in [2.24, 2.45) is 0 Å². The number of alkyl carbamates (subject to hydrolysis) is 1. The van der Waals surface area contributed by atoms with Gasteiger partial charge in [-0.1, -0.05) is 69.3 Å². The third kappa shape index (κ3) is 10.8. The fourth-order valence-electron chi connectivity index (χ4n) is 4.35. The minimum absolute atomic E-state index is 0.0627. The Bertz CT molecular complexity index is 1010. The molecule has 1 aliphatic carbocycles. The second-order valence-electron chi connectivity index (χ2n) is 11.7. The molecule has 0 aromatic heterocycles. The molecule has 0 aliphatic heterocycles. The summed E-state index contributed by atoms with van der Waals surface area (Å²) < 4.78 is 33.9. The Morgan fingerprint density at radius 2 is 1.20 bits per heavy atom. The van der Waals surface area contributed by atoms with Crippen LogP contribution >= 0.6 is 0 Å². The first kappa shape index (κ1) is 33.2.